The van der Waals surface area contributed by atoms with Gasteiger partial charge in [0.15, 0.2) is 0 Å². The third-order valence-corrected chi connectivity index (χ3v) is 5.54. The number of nitrogens with zero attached hydrogens (tertiary/aromatic N) is 2. The number of nitrogens with one attached hydrogen (secondary N) is 1. The summed E-state index contributed by atoms with van der Waals surface area (Å²) >= 11 is 0. The first-order valence-electron chi connectivity index (χ1n) is 9.45. The molecule has 2 amide bonds. The number of amides is 2. The predicted octanol–water partition coefficient (Wildman–Crippen LogP) is 2.66. The predicted molar refractivity (Wildman–Crippen MR) is 99.4 cm³/mol. The van der Waals surface area contributed by atoms with Crippen LogP contribution in [0.15, 0.2) is 24.3 Å². The van der Waals surface area contributed by atoms with E-state index in [1.54, 1.807) is 0 Å². The average Bonchev–Trinajstić information content (AvgIpc) is 3.17. The molecule has 136 valence electrons. The highest BCUT2D eigenvalue weighted by Gasteiger charge is 2.32. The maximum Gasteiger partial charge on any atom is 0.241 e. The van der Waals surface area contributed by atoms with Gasteiger partial charge in [0.1, 0.15) is 0 Å². The maximum absolute atomic E-state index is 12.5. The number of rotatable bonds is 4. The Bertz CT molecular complexity index is 600. The van der Waals surface area contributed by atoms with Crippen molar-refractivity contribution in [1.82, 2.24) is 9.80 Å². The van der Waals surface area contributed by atoms with Crippen molar-refractivity contribution in [2.45, 2.75) is 45.6 Å². The summed E-state index contributed by atoms with van der Waals surface area (Å²) in [6.45, 7) is 7.45. The Kier molecular flexibility index (Phi) is 5.74. The van der Waals surface area contributed by atoms with Crippen LogP contribution in [0.3, 0.4) is 0 Å². The maximum atomic E-state index is 12.5. The molecule has 0 saturated carbocycles. The van der Waals surface area contributed by atoms with Crippen LogP contribution < -0.4 is 5.32 Å². The third kappa shape index (κ3) is 4.40. The van der Waals surface area contributed by atoms with E-state index in [2.05, 4.69) is 10.2 Å². The van der Waals surface area contributed by atoms with E-state index in [0.29, 0.717) is 5.91 Å². The van der Waals surface area contributed by atoms with Crippen molar-refractivity contribution in [2.24, 2.45) is 5.92 Å². The molecule has 0 bridgehead atoms. The molecule has 2 aliphatic heterocycles. The molecule has 1 aromatic carbocycles. The molecule has 1 aromatic rings. The van der Waals surface area contributed by atoms with Gasteiger partial charge in [-0.3, -0.25) is 14.5 Å². The number of anilines is 1. The van der Waals surface area contributed by atoms with Crippen molar-refractivity contribution in [2.75, 3.05) is 31.5 Å². The summed E-state index contributed by atoms with van der Waals surface area (Å²) in [6.07, 6.45) is 4.00. The molecular formula is C20H29N3O2. The van der Waals surface area contributed by atoms with Crippen LogP contribution in [0, 0.1) is 12.8 Å². The molecule has 0 spiro atoms. The second-order valence-electron chi connectivity index (χ2n) is 7.37. The van der Waals surface area contributed by atoms with E-state index in [1.807, 2.05) is 43.0 Å². The Hall–Kier alpha value is -1.88. The first kappa shape index (κ1) is 17.9. The summed E-state index contributed by atoms with van der Waals surface area (Å²) in [7, 11) is 0. The van der Waals surface area contributed by atoms with Crippen LogP contribution in [0.1, 0.15) is 38.2 Å². The van der Waals surface area contributed by atoms with Gasteiger partial charge in [-0.15, -0.1) is 0 Å². The van der Waals surface area contributed by atoms with E-state index in [4.69, 9.17) is 0 Å². The van der Waals surface area contributed by atoms with Gasteiger partial charge in [0.25, 0.3) is 0 Å². The monoisotopic (exact) mass is 343 g/mol. The number of hydrogen-bond donors (Lipinski definition) is 1. The summed E-state index contributed by atoms with van der Waals surface area (Å²) in [4.78, 5) is 29.2. The Labute approximate surface area is 150 Å². The molecule has 0 aliphatic carbocycles. The highest BCUT2D eigenvalue weighted by atomic mass is 16.2. The molecular weight excluding hydrogens is 314 g/mol. The van der Waals surface area contributed by atoms with Crippen LogP contribution in [0.2, 0.25) is 0 Å². The van der Waals surface area contributed by atoms with Crippen molar-refractivity contribution in [1.29, 1.82) is 0 Å². The molecule has 2 fully saturated rings. The molecule has 1 N–H and O–H groups in total. The fraction of sp³-hybridized carbons (Fsp3) is 0.600. The first-order chi connectivity index (χ1) is 12.0. The standard InChI is InChI=1S/C20H29N3O2/c1-15-5-7-18(8-6-15)21-19(24)16(2)22-13-9-17(10-14-22)20(25)23-11-3-4-12-23/h5-8,16-17H,3-4,9-14H2,1-2H3,(H,21,24). The number of aryl methyl sites for hydroxylation is 1. The lowest BCUT2D eigenvalue weighted by atomic mass is 9.94. The summed E-state index contributed by atoms with van der Waals surface area (Å²) in [5, 5.41) is 2.99. The van der Waals surface area contributed by atoms with Crippen LogP contribution >= 0.6 is 0 Å². The van der Waals surface area contributed by atoms with Crippen molar-refractivity contribution < 1.29 is 9.59 Å². The number of hydrogen-bond acceptors (Lipinski definition) is 3. The summed E-state index contributed by atoms with van der Waals surface area (Å²) in [6, 6.07) is 7.68. The van der Waals surface area contributed by atoms with Crippen molar-refractivity contribution in [3.8, 4) is 0 Å². The molecule has 2 heterocycles. The molecule has 2 aliphatic rings. The van der Waals surface area contributed by atoms with Gasteiger partial charge in [0.05, 0.1) is 6.04 Å². The molecule has 5 heteroatoms. The zero-order valence-corrected chi connectivity index (χ0v) is 15.3. The second kappa shape index (κ2) is 8.00. The van der Waals surface area contributed by atoms with E-state index in [-0.39, 0.29) is 17.9 Å². The molecule has 1 atom stereocenters. The van der Waals surface area contributed by atoms with Crippen LogP contribution in [0.5, 0.6) is 0 Å². The summed E-state index contributed by atoms with van der Waals surface area (Å²) < 4.78 is 0. The van der Waals surface area contributed by atoms with E-state index in [1.165, 1.54) is 5.56 Å². The molecule has 25 heavy (non-hydrogen) atoms. The van der Waals surface area contributed by atoms with Crippen molar-refractivity contribution >= 4 is 17.5 Å². The lowest BCUT2D eigenvalue weighted by Gasteiger charge is -2.36. The van der Waals surface area contributed by atoms with Crippen LogP contribution in [0.4, 0.5) is 5.69 Å². The molecule has 0 radical (unpaired) electrons. The number of piperidine rings is 1. The minimum absolute atomic E-state index is 0.0215. The average molecular weight is 343 g/mol. The number of carbonyl (C=O) groups is 2. The van der Waals surface area contributed by atoms with Crippen molar-refractivity contribution in [3.63, 3.8) is 0 Å². The van der Waals surface area contributed by atoms with Crippen molar-refractivity contribution in [3.05, 3.63) is 29.8 Å². The zero-order chi connectivity index (χ0) is 17.8. The highest BCUT2D eigenvalue weighted by Crippen LogP contribution is 2.23. The van der Waals surface area contributed by atoms with Gasteiger partial charge in [-0.1, -0.05) is 17.7 Å². The first-order valence-corrected chi connectivity index (χ1v) is 9.45. The normalized spacial score (nSPS) is 20.5. The second-order valence-corrected chi connectivity index (χ2v) is 7.37. The third-order valence-electron chi connectivity index (χ3n) is 5.54. The van der Waals surface area contributed by atoms with Gasteiger partial charge in [-0.05, 0) is 64.8 Å². The van der Waals surface area contributed by atoms with Crippen LogP contribution in [-0.2, 0) is 9.59 Å². The number of likely N-dealkylation sites (tertiary alicyclic amines) is 2. The van der Waals surface area contributed by atoms with Crippen LogP contribution in [-0.4, -0.2) is 53.8 Å². The Morgan fingerprint density at radius 2 is 1.64 bits per heavy atom. The molecule has 1 unspecified atom stereocenters. The highest BCUT2D eigenvalue weighted by molar-refractivity contribution is 5.94. The van der Waals surface area contributed by atoms with Gasteiger partial charge >= 0.3 is 0 Å². The topological polar surface area (TPSA) is 52.7 Å². The minimum Gasteiger partial charge on any atom is -0.342 e. The molecule has 3 rings (SSSR count). The molecule has 5 nitrogen and oxygen atoms in total. The number of benzene rings is 1. The fourth-order valence-corrected chi connectivity index (χ4v) is 3.78. The van der Waals surface area contributed by atoms with Gasteiger partial charge in [-0.25, -0.2) is 0 Å². The summed E-state index contributed by atoms with van der Waals surface area (Å²) in [5.74, 6) is 0.490. The molecule has 0 aromatic heterocycles. The Balaban J connectivity index is 1.48. The van der Waals surface area contributed by atoms with Gasteiger partial charge in [0.2, 0.25) is 11.8 Å². The smallest absolute Gasteiger partial charge is 0.241 e. The quantitative estimate of drug-likeness (QED) is 0.914. The number of carbonyl (C=O) groups excluding carboxylic acids is 2. The molecule has 2 saturated heterocycles. The lowest BCUT2D eigenvalue weighted by Crippen LogP contribution is -2.48. The van der Waals surface area contributed by atoms with Crippen LogP contribution in [0.25, 0.3) is 0 Å². The SMILES string of the molecule is Cc1ccc(NC(=O)C(C)N2CCC(C(=O)N3CCCC3)CC2)cc1. The van der Waals surface area contributed by atoms with E-state index in [0.717, 1.165) is 57.5 Å². The Morgan fingerprint density at radius 1 is 1.04 bits per heavy atom. The summed E-state index contributed by atoms with van der Waals surface area (Å²) in [5.41, 5.74) is 2.01. The van der Waals surface area contributed by atoms with Gasteiger partial charge < -0.3 is 10.2 Å². The zero-order valence-electron chi connectivity index (χ0n) is 15.3. The van der Waals surface area contributed by atoms with E-state index in [9.17, 15) is 9.59 Å². The van der Waals surface area contributed by atoms with E-state index < -0.39 is 0 Å². The van der Waals surface area contributed by atoms with Gasteiger partial charge in [-0.2, -0.15) is 0 Å². The minimum atomic E-state index is -0.177. The van der Waals surface area contributed by atoms with Gasteiger partial charge in [0, 0.05) is 24.7 Å². The largest absolute Gasteiger partial charge is 0.342 e. The fourth-order valence-electron chi connectivity index (χ4n) is 3.78. The Morgan fingerprint density at radius 3 is 2.24 bits per heavy atom. The lowest BCUT2D eigenvalue weighted by molar-refractivity contribution is -0.136. The van der Waals surface area contributed by atoms with E-state index >= 15 is 0 Å².